The molecule has 0 bridgehead atoms. The lowest BCUT2D eigenvalue weighted by Crippen LogP contribution is -2.53. The van der Waals surface area contributed by atoms with Crippen molar-refractivity contribution in [2.75, 3.05) is 13.1 Å². The van der Waals surface area contributed by atoms with Crippen molar-refractivity contribution in [1.29, 1.82) is 0 Å². The quantitative estimate of drug-likeness (QED) is 0.885. The van der Waals surface area contributed by atoms with Crippen LogP contribution < -0.4 is 5.73 Å². The summed E-state index contributed by atoms with van der Waals surface area (Å²) in [6.45, 7) is 4.05. The van der Waals surface area contributed by atoms with Gasteiger partial charge in [-0.2, -0.15) is 0 Å². The van der Waals surface area contributed by atoms with Gasteiger partial charge < -0.3 is 10.6 Å². The topological polar surface area (TPSA) is 41.6 Å². The summed E-state index contributed by atoms with van der Waals surface area (Å²) in [5, 5.41) is 0. The molecule has 1 aliphatic carbocycles. The van der Waals surface area contributed by atoms with Crippen molar-refractivity contribution in [2.24, 2.45) is 10.7 Å². The molecule has 1 spiro atoms. The van der Waals surface area contributed by atoms with Crippen LogP contribution in [0, 0.1) is 0 Å². The van der Waals surface area contributed by atoms with Gasteiger partial charge in [0.15, 0.2) is 5.96 Å². The number of nitrogens with two attached hydrogens (primary N) is 1. The Balaban J connectivity index is 1.70. The van der Waals surface area contributed by atoms with Crippen LogP contribution in [0.3, 0.4) is 0 Å². The van der Waals surface area contributed by atoms with E-state index >= 15 is 0 Å². The molecular formula is C16H23N3. The molecule has 0 amide bonds. The fourth-order valence-corrected chi connectivity index (χ4v) is 3.78. The highest BCUT2D eigenvalue weighted by Crippen LogP contribution is 2.42. The van der Waals surface area contributed by atoms with Crippen LogP contribution in [-0.4, -0.2) is 29.5 Å². The number of hydrogen-bond acceptors (Lipinski definition) is 3. The SMILES string of the molecule is CCN1C(N)=NCC12CCC(c1ccccc1)CC2. The summed E-state index contributed by atoms with van der Waals surface area (Å²) in [6, 6.07) is 10.9. The fraction of sp³-hybridized carbons (Fsp3) is 0.562. The van der Waals surface area contributed by atoms with E-state index < -0.39 is 0 Å². The number of aliphatic imine (C=N–C) groups is 1. The lowest BCUT2D eigenvalue weighted by atomic mass is 9.73. The Kier molecular flexibility index (Phi) is 3.21. The van der Waals surface area contributed by atoms with Crippen LogP contribution in [0.5, 0.6) is 0 Å². The van der Waals surface area contributed by atoms with E-state index in [-0.39, 0.29) is 5.54 Å². The molecule has 0 atom stereocenters. The molecule has 1 aliphatic heterocycles. The van der Waals surface area contributed by atoms with Crippen LogP contribution in [0.2, 0.25) is 0 Å². The van der Waals surface area contributed by atoms with Gasteiger partial charge in [0.2, 0.25) is 0 Å². The molecule has 1 saturated carbocycles. The monoisotopic (exact) mass is 257 g/mol. The van der Waals surface area contributed by atoms with E-state index in [0.717, 1.165) is 19.0 Å². The van der Waals surface area contributed by atoms with Crippen molar-refractivity contribution in [3.8, 4) is 0 Å². The van der Waals surface area contributed by atoms with Gasteiger partial charge in [0.25, 0.3) is 0 Å². The third-order valence-corrected chi connectivity index (χ3v) is 4.89. The first-order chi connectivity index (χ1) is 9.25. The molecule has 3 heteroatoms. The van der Waals surface area contributed by atoms with E-state index in [9.17, 15) is 0 Å². The lowest BCUT2D eigenvalue weighted by molar-refractivity contribution is 0.137. The zero-order chi connectivity index (χ0) is 13.3. The minimum Gasteiger partial charge on any atom is -0.370 e. The van der Waals surface area contributed by atoms with Crippen LogP contribution in [0.4, 0.5) is 0 Å². The average Bonchev–Trinajstić information content (AvgIpc) is 2.77. The Bertz CT molecular complexity index is 458. The highest BCUT2D eigenvalue weighted by Gasteiger charge is 2.43. The van der Waals surface area contributed by atoms with Crippen molar-refractivity contribution in [1.82, 2.24) is 4.90 Å². The molecule has 2 aliphatic rings. The van der Waals surface area contributed by atoms with E-state index in [4.69, 9.17) is 5.73 Å². The maximum absolute atomic E-state index is 6.02. The van der Waals surface area contributed by atoms with Crippen LogP contribution in [0.15, 0.2) is 35.3 Å². The highest BCUT2D eigenvalue weighted by atomic mass is 15.4. The average molecular weight is 257 g/mol. The maximum atomic E-state index is 6.02. The first kappa shape index (κ1) is 12.5. The van der Waals surface area contributed by atoms with Gasteiger partial charge in [0, 0.05) is 6.54 Å². The van der Waals surface area contributed by atoms with Crippen molar-refractivity contribution in [2.45, 2.75) is 44.1 Å². The molecule has 102 valence electrons. The maximum Gasteiger partial charge on any atom is 0.191 e. The minimum atomic E-state index is 0.226. The van der Waals surface area contributed by atoms with E-state index in [0.29, 0.717) is 5.92 Å². The van der Waals surface area contributed by atoms with Gasteiger partial charge in [0.05, 0.1) is 12.1 Å². The molecule has 1 aromatic rings. The van der Waals surface area contributed by atoms with E-state index in [1.807, 2.05) is 0 Å². The molecule has 3 nitrogen and oxygen atoms in total. The second kappa shape index (κ2) is 4.87. The molecule has 0 unspecified atom stereocenters. The third kappa shape index (κ3) is 2.11. The number of nitrogens with zero attached hydrogens (tertiary/aromatic N) is 2. The first-order valence-electron chi connectivity index (χ1n) is 7.38. The zero-order valence-electron chi connectivity index (χ0n) is 11.7. The Hall–Kier alpha value is -1.51. The predicted molar refractivity (Wildman–Crippen MR) is 79.3 cm³/mol. The summed E-state index contributed by atoms with van der Waals surface area (Å²) in [5.41, 5.74) is 7.74. The van der Waals surface area contributed by atoms with Gasteiger partial charge in [-0.3, -0.25) is 4.99 Å². The summed E-state index contributed by atoms with van der Waals surface area (Å²) < 4.78 is 0. The highest BCUT2D eigenvalue weighted by molar-refractivity contribution is 5.81. The molecule has 3 rings (SSSR count). The molecule has 0 radical (unpaired) electrons. The Morgan fingerprint density at radius 2 is 1.95 bits per heavy atom. The third-order valence-electron chi connectivity index (χ3n) is 4.89. The standard InChI is InChI=1S/C16H23N3/c1-2-19-15(17)18-12-16(19)10-8-14(9-11-16)13-6-4-3-5-7-13/h3-7,14H,2,8-12H2,1H3,(H2,17,18). The molecule has 2 N–H and O–H groups in total. The Morgan fingerprint density at radius 1 is 1.26 bits per heavy atom. The van der Waals surface area contributed by atoms with Crippen molar-refractivity contribution in [3.63, 3.8) is 0 Å². The molecule has 0 aromatic heterocycles. The van der Waals surface area contributed by atoms with Gasteiger partial charge >= 0.3 is 0 Å². The molecule has 19 heavy (non-hydrogen) atoms. The van der Waals surface area contributed by atoms with E-state index in [1.165, 1.54) is 31.2 Å². The Morgan fingerprint density at radius 3 is 2.58 bits per heavy atom. The number of likely N-dealkylation sites (N-methyl/N-ethyl adjacent to an activating group) is 1. The van der Waals surface area contributed by atoms with Gasteiger partial charge in [-0.15, -0.1) is 0 Å². The number of benzene rings is 1. The number of guanidine groups is 1. The van der Waals surface area contributed by atoms with Gasteiger partial charge in [-0.25, -0.2) is 0 Å². The fourth-order valence-electron chi connectivity index (χ4n) is 3.78. The summed E-state index contributed by atoms with van der Waals surface area (Å²) >= 11 is 0. The predicted octanol–water partition coefficient (Wildman–Crippen LogP) is 2.73. The summed E-state index contributed by atoms with van der Waals surface area (Å²) in [6.07, 6.45) is 4.93. The molecule has 0 saturated heterocycles. The molecular weight excluding hydrogens is 234 g/mol. The summed E-state index contributed by atoms with van der Waals surface area (Å²) in [4.78, 5) is 6.81. The summed E-state index contributed by atoms with van der Waals surface area (Å²) in [5.74, 6) is 1.47. The molecule has 1 fully saturated rings. The second-order valence-electron chi connectivity index (χ2n) is 5.83. The van der Waals surface area contributed by atoms with Crippen molar-refractivity contribution >= 4 is 5.96 Å². The zero-order valence-corrected chi connectivity index (χ0v) is 11.7. The van der Waals surface area contributed by atoms with Crippen LogP contribution in [0.25, 0.3) is 0 Å². The Labute approximate surface area is 115 Å². The molecule has 1 heterocycles. The first-order valence-corrected chi connectivity index (χ1v) is 7.38. The smallest absolute Gasteiger partial charge is 0.191 e. The largest absolute Gasteiger partial charge is 0.370 e. The normalized spacial score (nSPS) is 30.7. The van der Waals surface area contributed by atoms with Gasteiger partial charge in [0.1, 0.15) is 0 Å². The minimum absolute atomic E-state index is 0.226. The van der Waals surface area contributed by atoms with Crippen LogP contribution in [0.1, 0.15) is 44.1 Å². The number of hydrogen-bond donors (Lipinski definition) is 1. The van der Waals surface area contributed by atoms with E-state index in [2.05, 4.69) is 47.1 Å². The molecule has 1 aromatic carbocycles. The van der Waals surface area contributed by atoms with Gasteiger partial charge in [-0.1, -0.05) is 30.3 Å². The van der Waals surface area contributed by atoms with Crippen molar-refractivity contribution < 1.29 is 0 Å². The van der Waals surface area contributed by atoms with E-state index in [1.54, 1.807) is 0 Å². The second-order valence-corrected chi connectivity index (χ2v) is 5.83. The van der Waals surface area contributed by atoms with Gasteiger partial charge in [-0.05, 0) is 44.1 Å². The van der Waals surface area contributed by atoms with Crippen LogP contribution >= 0.6 is 0 Å². The summed E-state index contributed by atoms with van der Waals surface area (Å²) in [7, 11) is 0. The number of rotatable bonds is 2. The van der Waals surface area contributed by atoms with Crippen molar-refractivity contribution in [3.05, 3.63) is 35.9 Å². The lowest BCUT2D eigenvalue weighted by Gasteiger charge is -2.44. The van der Waals surface area contributed by atoms with Crippen LogP contribution in [-0.2, 0) is 0 Å².